The second-order valence-electron chi connectivity index (χ2n) is 13.7. The summed E-state index contributed by atoms with van der Waals surface area (Å²) in [4.78, 5) is 17.7. The molecule has 0 unspecified atom stereocenters. The number of esters is 1. The van der Waals surface area contributed by atoms with Gasteiger partial charge in [0.05, 0.1) is 27.4 Å². The van der Waals surface area contributed by atoms with E-state index in [9.17, 15) is 22.4 Å². The summed E-state index contributed by atoms with van der Waals surface area (Å²) >= 11 is 0. The van der Waals surface area contributed by atoms with Gasteiger partial charge in [0.2, 0.25) is 0 Å². The smallest absolute Gasteiger partial charge is 0.337 e. The van der Waals surface area contributed by atoms with Crippen LogP contribution in [0.3, 0.4) is 0 Å². The monoisotopic (exact) mass is 796 g/mol. The average Bonchev–Trinajstić information content (AvgIpc) is 3.66. The van der Waals surface area contributed by atoms with Crippen LogP contribution in [-0.2, 0) is 31.3 Å². The van der Waals surface area contributed by atoms with Crippen LogP contribution in [0.4, 0.5) is 17.6 Å². The van der Waals surface area contributed by atoms with Crippen LogP contribution in [0.2, 0.25) is 0 Å². The molecule has 0 saturated heterocycles. The molecule has 6 aromatic rings. The third-order valence-corrected chi connectivity index (χ3v) is 14.0. The van der Waals surface area contributed by atoms with Crippen molar-refractivity contribution in [1.29, 1.82) is 0 Å². The van der Waals surface area contributed by atoms with E-state index in [2.05, 4.69) is 67.6 Å². The molecular weight excluding hydrogens is 753 g/mol. The maximum Gasteiger partial charge on any atom is 0.337 e. The van der Waals surface area contributed by atoms with Crippen LogP contribution in [0.25, 0.3) is 0 Å². The number of aryl methyl sites for hydroxylation is 2. The highest BCUT2D eigenvalue weighted by Gasteiger charge is 2.35. The van der Waals surface area contributed by atoms with Gasteiger partial charge in [-0.2, -0.15) is 0 Å². The van der Waals surface area contributed by atoms with Crippen LogP contribution in [0.5, 0.6) is 5.75 Å². The lowest BCUT2D eigenvalue weighted by Gasteiger charge is -2.27. The zero-order valence-corrected chi connectivity index (χ0v) is 33.2. The van der Waals surface area contributed by atoms with Gasteiger partial charge in [0.15, 0.2) is 29.4 Å². The fraction of sp³-hybridized carbons (Fsp3) is 0.213. The highest BCUT2D eigenvalue weighted by molar-refractivity contribution is 7.97. The SMILES string of the molecule is CCC1(OCC(=O)Oc2c(C)cc([S+](c3ccccc3)c3ccccc3)cc2C)CCCC1.Fc1cc(F)cc([S+](c2ccccc2)c2cc(F)cc(F)c2)c1. The molecule has 0 atom stereocenters. The minimum Gasteiger partial charge on any atom is -0.424 e. The summed E-state index contributed by atoms with van der Waals surface area (Å²) in [5, 5.41) is 0. The molecule has 1 saturated carbocycles. The average molecular weight is 797 g/mol. The van der Waals surface area contributed by atoms with Gasteiger partial charge < -0.3 is 9.47 Å². The lowest BCUT2D eigenvalue weighted by molar-refractivity contribution is -0.147. The minimum absolute atomic E-state index is 0.00682. The Morgan fingerprint density at radius 3 is 1.29 bits per heavy atom. The Kier molecular flexibility index (Phi) is 13.8. The fourth-order valence-corrected chi connectivity index (χ4v) is 11.4. The van der Waals surface area contributed by atoms with Crippen LogP contribution in [0.1, 0.15) is 50.2 Å². The lowest BCUT2D eigenvalue weighted by atomic mass is 9.99. The Labute approximate surface area is 332 Å². The van der Waals surface area contributed by atoms with E-state index in [1.165, 1.54) is 51.8 Å². The molecule has 3 nitrogen and oxygen atoms in total. The summed E-state index contributed by atoms with van der Waals surface area (Å²) in [6, 6.07) is 40.6. The van der Waals surface area contributed by atoms with Crippen molar-refractivity contribution in [2.75, 3.05) is 6.61 Å². The summed E-state index contributed by atoms with van der Waals surface area (Å²) in [6.07, 6.45) is 5.35. The summed E-state index contributed by atoms with van der Waals surface area (Å²) < 4.78 is 66.2. The van der Waals surface area contributed by atoms with Gasteiger partial charge >= 0.3 is 5.97 Å². The van der Waals surface area contributed by atoms with Crippen LogP contribution < -0.4 is 4.74 Å². The third kappa shape index (κ3) is 10.3. The van der Waals surface area contributed by atoms with Gasteiger partial charge in [0.25, 0.3) is 0 Å². The lowest BCUT2D eigenvalue weighted by Crippen LogP contribution is -2.32. The van der Waals surface area contributed by atoms with Crippen LogP contribution in [0.15, 0.2) is 169 Å². The van der Waals surface area contributed by atoms with E-state index in [-0.39, 0.29) is 29.1 Å². The standard InChI is InChI=1S/C29H33O3S.C18H11F4S/c1-4-29(17-11-12-18-29)31-21-27(30)32-28-22(2)19-26(20-23(28)3)33(24-13-7-5-8-14-24)25-15-9-6-10-16-25;19-12-6-13(20)9-17(8-12)23(16-4-2-1-3-5-16)18-10-14(21)7-15(22)11-18/h5-10,13-16,19-20H,4,11-12,17-18,21H2,1-3H3;1-11H/q2*+1. The minimum atomic E-state index is -1.02. The summed E-state index contributed by atoms with van der Waals surface area (Å²) in [6.45, 7) is 6.18. The van der Waals surface area contributed by atoms with Gasteiger partial charge in [-0.3, -0.25) is 0 Å². The van der Waals surface area contributed by atoms with E-state index in [4.69, 9.17) is 9.47 Å². The number of carbonyl (C=O) groups is 1. The Balaban J connectivity index is 0.000000202. The Bertz CT molecular complexity index is 2080. The Morgan fingerprint density at radius 1 is 0.554 bits per heavy atom. The van der Waals surface area contributed by atoms with Crippen LogP contribution in [-0.4, -0.2) is 18.2 Å². The van der Waals surface area contributed by atoms with Crippen molar-refractivity contribution in [3.63, 3.8) is 0 Å². The second-order valence-corrected chi connectivity index (χ2v) is 17.7. The zero-order valence-electron chi connectivity index (χ0n) is 31.6. The number of hydrogen-bond donors (Lipinski definition) is 0. The second kappa shape index (κ2) is 18.9. The summed E-state index contributed by atoms with van der Waals surface area (Å²) in [5.41, 5.74) is 1.79. The Morgan fingerprint density at radius 2 is 0.911 bits per heavy atom. The number of benzene rings is 6. The molecular formula is C47H44F4O3S2+2. The molecule has 7 rings (SSSR count). The summed E-state index contributed by atoms with van der Waals surface area (Å²) in [5.74, 6) is -2.60. The molecule has 0 radical (unpaired) electrons. The molecule has 1 fully saturated rings. The summed E-state index contributed by atoms with van der Waals surface area (Å²) in [7, 11) is -1.25. The molecule has 288 valence electrons. The number of rotatable bonds is 11. The molecule has 0 amide bonds. The molecule has 9 heteroatoms. The van der Waals surface area contributed by atoms with Gasteiger partial charge in [0.1, 0.15) is 35.6 Å². The quantitative estimate of drug-likeness (QED) is 0.0567. The van der Waals surface area contributed by atoms with Crippen molar-refractivity contribution < 1.29 is 31.8 Å². The van der Waals surface area contributed by atoms with Gasteiger partial charge in [0, 0.05) is 48.5 Å². The van der Waals surface area contributed by atoms with E-state index in [1.807, 2.05) is 26.0 Å². The molecule has 0 aliphatic heterocycles. The zero-order chi connectivity index (χ0) is 39.7. The molecule has 0 heterocycles. The molecule has 0 aromatic heterocycles. The number of hydrogen-bond acceptors (Lipinski definition) is 3. The van der Waals surface area contributed by atoms with Crippen molar-refractivity contribution in [1.82, 2.24) is 0 Å². The molecule has 56 heavy (non-hydrogen) atoms. The van der Waals surface area contributed by atoms with E-state index in [1.54, 1.807) is 30.3 Å². The fourth-order valence-electron chi connectivity index (χ4n) is 6.94. The first-order chi connectivity index (χ1) is 27.0. The van der Waals surface area contributed by atoms with E-state index >= 15 is 0 Å². The number of halogens is 4. The van der Waals surface area contributed by atoms with Gasteiger partial charge in [-0.05, 0) is 80.6 Å². The first-order valence-corrected chi connectivity index (χ1v) is 21.0. The first kappa shape index (κ1) is 40.8. The van der Waals surface area contributed by atoms with Crippen LogP contribution >= 0.6 is 0 Å². The highest BCUT2D eigenvalue weighted by atomic mass is 32.2. The largest absolute Gasteiger partial charge is 0.424 e. The molecule has 0 bridgehead atoms. The molecule has 0 N–H and O–H groups in total. The van der Waals surface area contributed by atoms with Gasteiger partial charge in [-0.15, -0.1) is 0 Å². The molecule has 0 spiro atoms. The predicted molar refractivity (Wildman–Crippen MR) is 215 cm³/mol. The first-order valence-electron chi connectivity index (χ1n) is 18.6. The third-order valence-electron chi connectivity index (χ3n) is 9.62. The number of carbonyl (C=O) groups excluding carboxylic acids is 1. The van der Waals surface area contributed by atoms with E-state index in [0.717, 1.165) is 42.5 Å². The molecule has 6 aromatic carbocycles. The van der Waals surface area contributed by atoms with E-state index < -0.39 is 34.2 Å². The van der Waals surface area contributed by atoms with Crippen molar-refractivity contribution in [3.05, 3.63) is 174 Å². The maximum atomic E-state index is 13.6. The Hall–Kier alpha value is -4.83. The van der Waals surface area contributed by atoms with Gasteiger partial charge in [-0.1, -0.05) is 74.4 Å². The number of ether oxygens (including phenoxy) is 2. The van der Waals surface area contributed by atoms with Crippen LogP contribution in [0, 0.1) is 37.1 Å². The van der Waals surface area contributed by atoms with Crippen molar-refractivity contribution in [2.45, 2.75) is 87.8 Å². The van der Waals surface area contributed by atoms with Gasteiger partial charge in [-0.25, -0.2) is 22.4 Å². The van der Waals surface area contributed by atoms with Crippen molar-refractivity contribution in [3.8, 4) is 5.75 Å². The normalized spacial score (nSPS) is 13.4. The topological polar surface area (TPSA) is 35.5 Å². The molecule has 1 aliphatic rings. The predicted octanol–water partition coefficient (Wildman–Crippen LogP) is 12.4. The maximum absolute atomic E-state index is 13.6. The van der Waals surface area contributed by atoms with Crippen molar-refractivity contribution in [2.24, 2.45) is 0 Å². The van der Waals surface area contributed by atoms with E-state index in [0.29, 0.717) is 20.4 Å². The highest BCUT2D eigenvalue weighted by Crippen LogP contribution is 2.38. The van der Waals surface area contributed by atoms with Crippen molar-refractivity contribution >= 4 is 27.8 Å². The molecule has 1 aliphatic carbocycles.